The smallest absolute Gasteiger partial charge is 0.255 e. The van der Waals surface area contributed by atoms with Crippen molar-refractivity contribution in [3.05, 3.63) is 76.3 Å². The molecule has 6 nitrogen and oxygen atoms in total. The van der Waals surface area contributed by atoms with Gasteiger partial charge in [-0.1, -0.05) is 18.2 Å². The Hall–Kier alpha value is -3.19. The number of amides is 1. The number of aromatic nitrogens is 3. The van der Waals surface area contributed by atoms with Gasteiger partial charge in [0.15, 0.2) is 0 Å². The first-order valence-corrected chi connectivity index (χ1v) is 9.42. The van der Waals surface area contributed by atoms with Gasteiger partial charge in [-0.2, -0.15) is 4.80 Å². The molecule has 0 saturated carbocycles. The van der Waals surface area contributed by atoms with Crippen LogP contribution in [0.4, 0.5) is 5.69 Å². The van der Waals surface area contributed by atoms with Crippen molar-refractivity contribution in [2.75, 3.05) is 12.4 Å². The second kappa shape index (κ2) is 7.44. The van der Waals surface area contributed by atoms with Gasteiger partial charge in [-0.25, -0.2) is 0 Å². The van der Waals surface area contributed by atoms with E-state index in [2.05, 4.69) is 31.4 Å². The lowest BCUT2D eigenvalue weighted by molar-refractivity contribution is 0.102. The Balaban J connectivity index is 1.64. The highest BCUT2D eigenvalue weighted by Gasteiger charge is 2.13. The van der Waals surface area contributed by atoms with Crippen LogP contribution in [0.1, 0.15) is 15.9 Å². The molecule has 0 fully saturated rings. The predicted octanol–water partition coefficient (Wildman–Crippen LogP) is 4.75. The SMILES string of the molecule is COc1ccc(C(=O)Nc2cc3nn(-c4ccccc4)nc3cc2C)cc1Br. The zero-order chi connectivity index (χ0) is 19.7. The Labute approximate surface area is 170 Å². The molecule has 4 rings (SSSR count). The van der Waals surface area contributed by atoms with E-state index in [1.807, 2.05) is 49.4 Å². The molecule has 0 spiro atoms. The number of hydrogen-bond donors (Lipinski definition) is 1. The van der Waals surface area contributed by atoms with E-state index in [0.29, 0.717) is 22.5 Å². The number of anilines is 1. The van der Waals surface area contributed by atoms with Crippen LogP contribution in [0.5, 0.6) is 5.75 Å². The molecule has 28 heavy (non-hydrogen) atoms. The van der Waals surface area contributed by atoms with Crippen LogP contribution in [-0.4, -0.2) is 28.0 Å². The standard InChI is InChI=1S/C21H17BrN4O2/c1-13-10-18-19(25-26(24-18)15-6-4-3-5-7-15)12-17(13)23-21(27)14-8-9-20(28-2)16(22)11-14/h3-12H,1-2H3,(H,23,27). The third kappa shape index (κ3) is 3.48. The maximum atomic E-state index is 12.7. The summed E-state index contributed by atoms with van der Waals surface area (Å²) in [5.41, 5.74) is 4.50. The van der Waals surface area contributed by atoms with Crippen molar-refractivity contribution < 1.29 is 9.53 Å². The quantitative estimate of drug-likeness (QED) is 0.500. The normalized spacial score (nSPS) is 10.8. The van der Waals surface area contributed by atoms with Gasteiger partial charge in [-0.05, 0) is 70.9 Å². The van der Waals surface area contributed by atoms with Crippen LogP contribution in [0, 0.1) is 6.92 Å². The third-order valence-electron chi connectivity index (χ3n) is 4.38. The Morgan fingerprint density at radius 1 is 1.04 bits per heavy atom. The van der Waals surface area contributed by atoms with Crippen molar-refractivity contribution >= 4 is 38.6 Å². The van der Waals surface area contributed by atoms with Crippen molar-refractivity contribution in [3.63, 3.8) is 0 Å². The number of aryl methyl sites for hydroxylation is 1. The van der Waals surface area contributed by atoms with Crippen LogP contribution in [0.2, 0.25) is 0 Å². The van der Waals surface area contributed by atoms with Gasteiger partial charge < -0.3 is 10.1 Å². The molecule has 0 aliphatic rings. The Morgan fingerprint density at radius 2 is 1.75 bits per heavy atom. The topological polar surface area (TPSA) is 69.0 Å². The summed E-state index contributed by atoms with van der Waals surface area (Å²) in [5, 5.41) is 12.0. The van der Waals surface area contributed by atoms with E-state index < -0.39 is 0 Å². The number of para-hydroxylation sites is 1. The second-order valence-corrected chi connectivity index (χ2v) is 7.14. The van der Waals surface area contributed by atoms with E-state index >= 15 is 0 Å². The third-order valence-corrected chi connectivity index (χ3v) is 5.00. The maximum absolute atomic E-state index is 12.7. The average molecular weight is 437 g/mol. The molecule has 0 aliphatic heterocycles. The van der Waals surface area contributed by atoms with Crippen LogP contribution in [0.25, 0.3) is 16.7 Å². The van der Waals surface area contributed by atoms with Gasteiger partial charge in [-0.15, -0.1) is 10.2 Å². The first-order valence-electron chi connectivity index (χ1n) is 8.63. The van der Waals surface area contributed by atoms with Crippen LogP contribution >= 0.6 is 15.9 Å². The highest BCUT2D eigenvalue weighted by atomic mass is 79.9. The summed E-state index contributed by atoms with van der Waals surface area (Å²) < 4.78 is 5.93. The van der Waals surface area contributed by atoms with Gasteiger partial charge in [-0.3, -0.25) is 4.79 Å². The fourth-order valence-corrected chi connectivity index (χ4v) is 3.42. The monoisotopic (exact) mass is 436 g/mol. The molecule has 1 amide bonds. The fourth-order valence-electron chi connectivity index (χ4n) is 2.88. The molecular weight excluding hydrogens is 420 g/mol. The molecule has 140 valence electrons. The summed E-state index contributed by atoms with van der Waals surface area (Å²) in [6, 6.07) is 18.7. The van der Waals surface area contributed by atoms with Crippen LogP contribution in [-0.2, 0) is 0 Å². The molecular formula is C21H17BrN4O2. The molecule has 0 bridgehead atoms. The van der Waals surface area contributed by atoms with E-state index in [1.165, 1.54) is 0 Å². The van der Waals surface area contributed by atoms with Crippen LogP contribution in [0.3, 0.4) is 0 Å². The zero-order valence-electron chi connectivity index (χ0n) is 15.3. The minimum atomic E-state index is -0.207. The van der Waals surface area contributed by atoms with Gasteiger partial charge in [0.1, 0.15) is 16.8 Å². The minimum absolute atomic E-state index is 0.207. The molecule has 0 saturated heterocycles. The van der Waals surface area contributed by atoms with Crippen molar-refractivity contribution in [2.45, 2.75) is 6.92 Å². The van der Waals surface area contributed by atoms with E-state index in [0.717, 1.165) is 21.2 Å². The number of nitrogens with zero attached hydrogens (tertiary/aromatic N) is 3. The van der Waals surface area contributed by atoms with E-state index in [4.69, 9.17) is 4.74 Å². The lowest BCUT2D eigenvalue weighted by atomic mass is 10.1. The maximum Gasteiger partial charge on any atom is 0.255 e. The number of ether oxygens (including phenoxy) is 1. The number of hydrogen-bond acceptors (Lipinski definition) is 4. The van der Waals surface area contributed by atoms with Gasteiger partial charge >= 0.3 is 0 Å². The average Bonchev–Trinajstić information content (AvgIpc) is 3.11. The van der Waals surface area contributed by atoms with E-state index in [1.54, 1.807) is 30.1 Å². The molecule has 3 aromatic carbocycles. The zero-order valence-corrected chi connectivity index (χ0v) is 16.9. The predicted molar refractivity (Wildman–Crippen MR) is 112 cm³/mol. The summed E-state index contributed by atoms with van der Waals surface area (Å²) in [6.07, 6.45) is 0. The highest BCUT2D eigenvalue weighted by Crippen LogP contribution is 2.27. The summed E-state index contributed by atoms with van der Waals surface area (Å²) >= 11 is 3.41. The number of rotatable bonds is 4. The van der Waals surface area contributed by atoms with Gasteiger partial charge in [0.25, 0.3) is 5.91 Å². The van der Waals surface area contributed by atoms with Crippen molar-refractivity contribution in [1.29, 1.82) is 0 Å². The first-order chi connectivity index (χ1) is 13.5. The number of benzene rings is 3. The lowest BCUT2D eigenvalue weighted by Gasteiger charge is -2.09. The van der Waals surface area contributed by atoms with Gasteiger partial charge in [0, 0.05) is 11.3 Å². The van der Waals surface area contributed by atoms with Gasteiger partial charge in [0.05, 0.1) is 17.3 Å². The fraction of sp³-hybridized carbons (Fsp3) is 0.0952. The molecule has 1 heterocycles. The van der Waals surface area contributed by atoms with E-state index in [-0.39, 0.29) is 5.91 Å². The molecule has 1 N–H and O–H groups in total. The molecule has 0 aliphatic carbocycles. The number of carbonyl (C=O) groups excluding carboxylic acids is 1. The Morgan fingerprint density at radius 3 is 2.43 bits per heavy atom. The molecule has 1 aromatic heterocycles. The van der Waals surface area contributed by atoms with Crippen LogP contribution < -0.4 is 10.1 Å². The molecule has 0 radical (unpaired) electrons. The summed E-state index contributed by atoms with van der Waals surface area (Å²) in [6.45, 7) is 1.93. The molecule has 0 unspecified atom stereocenters. The van der Waals surface area contributed by atoms with Gasteiger partial charge in [0.2, 0.25) is 0 Å². The summed E-state index contributed by atoms with van der Waals surface area (Å²) in [7, 11) is 1.58. The number of carbonyl (C=O) groups is 1. The van der Waals surface area contributed by atoms with E-state index in [9.17, 15) is 4.79 Å². The highest BCUT2D eigenvalue weighted by molar-refractivity contribution is 9.10. The number of fused-ring (bicyclic) bond motifs is 1. The number of halogens is 1. The Bertz CT molecular complexity index is 1170. The van der Waals surface area contributed by atoms with Crippen molar-refractivity contribution in [1.82, 2.24) is 15.0 Å². The van der Waals surface area contributed by atoms with Crippen LogP contribution in [0.15, 0.2) is 65.1 Å². The number of nitrogens with one attached hydrogen (secondary N) is 1. The molecule has 4 aromatic rings. The Kier molecular flexibility index (Phi) is 4.83. The van der Waals surface area contributed by atoms with Crippen molar-refractivity contribution in [2.24, 2.45) is 0 Å². The number of methoxy groups -OCH3 is 1. The lowest BCUT2D eigenvalue weighted by Crippen LogP contribution is -2.12. The summed E-state index contributed by atoms with van der Waals surface area (Å²) in [5.74, 6) is 0.466. The molecule has 7 heteroatoms. The first kappa shape index (κ1) is 18.2. The van der Waals surface area contributed by atoms with Crippen molar-refractivity contribution in [3.8, 4) is 11.4 Å². The largest absolute Gasteiger partial charge is 0.496 e. The summed E-state index contributed by atoms with van der Waals surface area (Å²) in [4.78, 5) is 14.3. The second-order valence-electron chi connectivity index (χ2n) is 6.28. The minimum Gasteiger partial charge on any atom is -0.496 e. The molecule has 0 atom stereocenters.